The molecule has 0 fully saturated rings. The fourth-order valence-electron chi connectivity index (χ4n) is 1.00. The van der Waals surface area contributed by atoms with Crippen LogP contribution in [0.2, 0.25) is 0 Å². The van der Waals surface area contributed by atoms with Gasteiger partial charge in [0.05, 0.1) is 0 Å². The summed E-state index contributed by atoms with van der Waals surface area (Å²) in [6, 6.07) is 5.51. The molecule has 1 unspecified atom stereocenters. The Morgan fingerprint density at radius 2 is 1.88 bits per heavy atom. The third-order valence-electron chi connectivity index (χ3n) is 1.61. The Balaban J connectivity index is 0.00000106. The molecule has 1 atom stereocenters. The van der Waals surface area contributed by atoms with E-state index in [0.717, 1.165) is 0 Å². The molecule has 1 aromatic rings. The number of benzene rings is 1. The lowest BCUT2D eigenvalue weighted by atomic mass is 10.1. The number of carbonyl (C=O) groups excluding carboxylic acids is 1. The molecule has 0 radical (unpaired) electrons. The lowest BCUT2D eigenvalue weighted by Crippen LogP contribution is -2.06. The van der Waals surface area contributed by atoms with Crippen molar-refractivity contribution in [1.82, 2.24) is 0 Å². The quantitative estimate of drug-likeness (QED) is 0.567. The minimum absolute atomic E-state index is 0.354. The fraction of sp³-hybridized carbons (Fsp3) is 0.308. The smallest absolute Gasteiger partial charge is 0.304 e. The van der Waals surface area contributed by atoms with E-state index in [1.165, 1.54) is 31.2 Å². The maximum absolute atomic E-state index is 12.6. The summed E-state index contributed by atoms with van der Waals surface area (Å²) in [6.45, 7) is 5.27. The summed E-state index contributed by atoms with van der Waals surface area (Å²) in [4.78, 5) is 10.7. The minimum atomic E-state index is -0.743. The molecule has 0 aliphatic heterocycles. The highest BCUT2D eigenvalue weighted by atomic mass is 19.1. The summed E-state index contributed by atoms with van der Waals surface area (Å²) in [5.41, 5.74) is 0.587. The van der Waals surface area contributed by atoms with E-state index in [2.05, 4.69) is 5.92 Å². The molecule has 0 aliphatic rings. The average Bonchev–Trinajstić information content (AvgIpc) is 2.29. The average molecular weight is 222 g/mol. The molecule has 0 N–H and O–H groups in total. The van der Waals surface area contributed by atoms with Gasteiger partial charge < -0.3 is 4.74 Å². The van der Waals surface area contributed by atoms with Crippen molar-refractivity contribution in [1.29, 1.82) is 0 Å². The molecule has 0 saturated carbocycles. The SMILES string of the molecule is C#CC(OC(C)=O)c1ccc(F)cc1.CC. The van der Waals surface area contributed by atoms with Gasteiger partial charge in [-0.3, -0.25) is 4.79 Å². The van der Waals surface area contributed by atoms with Crippen molar-refractivity contribution in [3.63, 3.8) is 0 Å². The number of carbonyl (C=O) groups is 1. The Hall–Kier alpha value is -1.82. The van der Waals surface area contributed by atoms with Crippen LogP contribution in [0, 0.1) is 18.2 Å². The van der Waals surface area contributed by atoms with E-state index in [-0.39, 0.29) is 5.82 Å². The van der Waals surface area contributed by atoms with Crippen LogP contribution in [-0.4, -0.2) is 5.97 Å². The van der Waals surface area contributed by atoms with Gasteiger partial charge in [0.25, 0.3) is 0 Å². The van der Waals surface area contributed by atoms with Gasteiger partial charge in [-0.2, -0.15) is 0 Å². The highest BCUT2D eigenvalue weighted by Crippen LogP contribution is 2.16. The molecular formula is C13H15FO2. The van der Waals surface area contributed by atoms with Crippen molar-refractivity contribution in [2.24, 2.45) is 0 Å². The minimum Gasteiger partial charge on any atom is -0.444 e. The van der Waals surface area contributed by atoms with Crippen molar-refractivity contribution < 1.29 is 13.9 Å². The Kier molecular flexibility index (Phi) is 6.62. The maximum Gasteiger partial charge on any atom is 0.304 e. The zero-order valence-electron chi connectivity index (χ0n) is 9.66. The van der Waals surface area contributed by atoms with Gasteiger partial charge in [-0.1, -0.05) is 31.9 Å². The predicted octanol–water partition coefficient (Wildman–Crippen LogP) is 3.09. The molecule has 3 heteroatoms. The first-order valence-corrected chi connectivity index (χ1v) is 5.02. The largest absolute Gasteiger partial charge is 0.444 e. The van der Waals surface area contributed by atoms with Crippen molar-refractivity contribution in [3.05, 3.63) is 35.6 Å². The van der Waals surface area contributed by atoms with E-state index < -0.39 is 12.1 Å². The van der Waals surface area contributed by atoms with Gasteiger partial charge in [0.1, 0.15) is 5.82 Å². The highest BCUT2D eigenvalue weighted by molar-refractivity contribution is 5.66. The zero-order chi connectivity index (χ0) is 12.6. The van der Waals surface area contributed by atoms with Gasteiger partial charge in [0.2, 0.25) is 0 Å². The van der Waals surface area contributed by atoms with Crippen LogP contribution in [0.4, 0.5) is 4.39 Å². The lowest BCUT2D eigenvalue weighted by molar-refractivity contribution is -0.144. The van der Waals surface area contributed by atoms with Crippen LogP contribution in [0.5, 0.6) is 0 Å². The van der Waals surface area contributed by atoms with Gasteiger partial charge in [-0.05, 0) is 12.1 Å². The van der Waals surface area contributed by atoms with Crippen LogP contribution < -0.4 is 0 Å². The van der Waals surface area contributed by atoms with Gasteiger partial charge in [0, 0.05) is 12.5 Å². The molecule has 0 heterocycles. The number of esters is 1. The van der Waals surface area contributed by atoms with Gasteiger partial charge in [-0.25, -0.2) is 4.39 Å². The fourth-order valence-corrected chi connectivity index (χ4v) is 1.00. The number of ether oxygens (including phenoxy) is 1. The molecule has 0 saturated heterocycles. The molecule has 0 aromatic heterocycles. The van der Waals surface area contributed by atoms with Crippen LogP contribution in [0.3, 0.4) is 0 Å². The first-order chi connectivity index (χ1) is 7.63. The molecule has 0 amide bonds. The maximum atomic E-state index is 12.6. The Bertz CT molecular complexity index is 363. The van der Waals surface area contributed by atoms with Crippen molar-refractivity contribution >= 4 is 5.97 Å². The summed E-state index contributed by atoms with van der Waals surface area (Å²) in [5, 5.41) is 0. The molecule has 2 nitrogen and oxygen atoms in total. The molecule has 1 rings (SSSR count). The first-order valence-electron chi connectivity index (χ1n) is 5.02. The number of hydrogen-bond acceptors (Lipinski definition) is 2. The van der Waals surface area contributed by atoms with E-state index in [0.29, 0.717) is 5.56 Å². The van der Waals surface area contributed by atoms with E-state index in [1.807, 2.05) is 13.8 Å². The Labute approximate surface area is 95.4 Å². The predicted molar refractivity (Wildman–Crippen MR) is 61.1 cm³/mol. The Morgan fingerprint density at radius 1 is 1.38 bits per heavy atom. The van der Waals surface area contributed by atoms with E-state index in [1.54, 1.807) is 0 Å². The molecular weight excluding hydrogens is 207 g/mol. The second-order valence-corrected chi connectivity index (χ2v) is 2.71. The number of hydrogen-bond donors (Lipinski definition) is 0. The van der Waals surface area contributed by atoms with E-state index in [4.69, 9.17) is 11.2 Å². The van der Waals surface area contributed by atoms with Crippen LogP contribution in [0.1, 0.15) is 32.4 Å². The number of rotatable bonds is 2. The summed E-state index contributed by atoms with van der Waals surface area (Å²) < 4.78 is 17.4. The van der Waals surface area contributed by atoms with Gasteiger partial charge >= 0.3 is 5.97 Å². The normalized spacial score (nSPS) is 10.4. The summed E-state index contributed by atoms with van der Waals surface area (Å²) in [6.07, 6.45) is 4.43. The van der Waals surface area contributed by atoms with E-state index in [9.17, 15) is 9.18 Å². The zero-order valence-corrected chi connectivity index (χ0v) is 9.66. The first kappa shape index (κ1) is 14.2. The highest BCUT2D eigenvalue weighted by Gasteiger charge is 2.10. The molecule has 0 bridgehead atoms. The molecule has 0 aliphatic carbocycles. The summed E-state index contributed by atoms with van der Waals surface area (Å²) in [7, 11) is 0. The van der Waals surface area contributed by atoms with Crippen molar-refractivity contribution in [2.45, 2.75) is 26.9 Å². The molecule has 0 spiro atoms. The van der Waals surface area contributed by atoms with Crippen LogP contribution in [0.15, 0.2) is 24.3 Å². The summed E-state index contributed by atoms with van der Waals surface area (Å²) in [5.74, 6) is 1.49. The third-order valence-corrected chi connectivity index (χ3v) is 1.61. The second kappa shape index (κ2) is 7.47. The van der Waals surface area contributed by atoms with E-state index >= 15 is 0 Å². The van der Waals surface area contributed by atoms with Gasteiger partial charge in [0.15, 0.2) is 6.10 Å². The number of halogens is 1. The monoisotopic (exact) mass is 222 g/mol. The van der Waals surface area contributed by atoms with Crippen molar-refractivity contribution in [2.75, 3.05) is 0 Å². The topological polar surface area (TPSA) is 26.3 Å². The lowest BCUT2D eigenvalue weighted by Gasteiger charge is -2.10. The van der Waals surface area contributed by atoms with Crippen LogP contribution in [-0.2, 0) is 9.53 Å². The van der Waals surface area contributed by atoms with Gasteiger partial charge in [-0.15, -0.1) is 6.42 Å². The van der Waals surface area contributed by atoms with Crippen molar-refractivity contribution in [3.8, 4) is 12.3 Å². The molecule has 16 heavy (non-hydrogen) atoms. The molecule has 86 valence electrons. The standard InChI is InChI=1S/C11H9FO2.C2H6/c1-3-11(14-8(2)13)9-4-6-10(12)7-5-9;1-2/h1,4-7,11H,2H3;1-2H3. The Morgan fingerprint density at radius 3 is 2.25 bits per heavy atom. The summed E-state index contributed by atoms with van der Waals surface area (Å²) >= 11 is 0. The van der Waals surface area contributed by atoms with Crippen LogP contribution >= 0.6 is 0 Å². The molecule has 1 aromatic carbocycles. The second-order valence-electron chi connectivity index (χ2n) is 2.71. The number of terminal acetylenes is 1. The van der Waals surface area contributed by atoms with Crippen LogP contribution in [0.25, 0.3) is 0 Å². The third kappa shape index (κ3) is 4.61.